The summed E-state index contributed by atoms with van der Waals surface area (Å²) in [6.45, 7) is 3.96. The Balaban J connectivity index is 2.33. The number of rotatable bonds is 4. The van der Waals surface area contributed by atoms with Gasteiger partial charge in [0.25, 0.3) is 0 Å². The predicted octanol–water partition coefficient (Wildman–Crippen LogP) is 1.13. The molecule has 0 aliphatic heterocycles. The molecule has 0 bridgehead atoms. The predicted molar refractivity (Wildman–Crippen MR) is 54.0 cm³/mol. The van der Waals surface area contributed by atoms with Crippen LogP contribution in [0.2, 0.25) is 0 Å². The monoisotopic (exact) mass is 210 g/mol. The summed E-state index contributed by atoms with van der Waals surface area (Å²) in [5.74, 6) is -0.434. The molecule has 1 fully saturated rings. The first-order valence-electron chi connectivity index (χ1n) is 5.04. The summed E-state index contributed by atoms with van der Waals surface area (Å²) >= 11 is 0. The Morgan fingerprint density at radius 3 is 2.67 bits per heavy atom. The van der Waals surface area contributed by atoms with E-state index in [-0.39, 0.29) is 17.9 Å². The normalized spacial score (nSPS) is 15.7. The van der Waals surface area contributed by atoms with Crippen LogP contribution in [0.15, 0.2) is 0 Å². The molecule has 15 heavy (non-hydrogen) atoms. The van der Waals surface area contributed by atoms with E-state index in [1.54, 1.807) is 4.57 Å². The van der Waals surface area contributed by atoms with Gasteiger partial charge < -0.3 is 10.4 Å². The van der Waals surface area contributed by atoms with Gasteiger partial charge in [0.1, 0.15) is 0 Å². The second-order valence-electron chi connectivity index (χ2n) is 4.05. The fraction of sp³-hybridized carbons (Fsp3) is 0.667. The minimum Gasteiger partial charge on any atom is -0.475 e. The number of nitrogens with one attached hydrogen (secondary N) is 1. The van der Waals surface area contributed by atoms with Crippen LogP contribution in [0.4, 0.5) is 5.95 Å². The zero-order valence-electron chi connectivity index (χ0n) is 8.77. The summed E-state index contributed by atoms with van der Waals surface area (Å²) < 4.78 is 1.68. The topological polar surface area (TPSA) is 80.0 Å². The number of carboxylic acids is 1. The van der Waals surface area contributed by atoms with Crippen molar-refractivity contribution in [2.75, 3.05) is 5.32 Å². The number of anilines is 1. The Morgan fingerprint density at radius 1 is 1.53 bits per heavy atom. The van der Waals surface area contributed by atoms with Gasteiger partial charge in [0, 0.05) is 12.1 Å². The van der Waals surface area contributed by atoms with Gasteiger partial charge in [-0.3, -0.25) is 4.57 Å². The van der Waals surface area contributed by atoms with Crippen molar-refractivity contribution in [2.24, 2.45) is 0 Å². The number of hydrogen-bond acceptors (Lipinski definition) is 4. The second-order valence-corrected chi connectivity index (χ2v) is 4.05. The fourth-order valence-corrected chi connectivity index (χ4v) is 1.47. The first-order valence-corrected chi connectivity index (χ1v) is 5.04. The van der Waals surface area contributed by atoms with Crippen LogP contribution < -0.4 is 5.32 Å². The summed E-state index contributed by atoms with van der Waals surface area (Å²) in [5, 5.41) is 19.6. The highest BCUT2D eigenvalue weighted by Gasteiger charge is 2.31. The summed E-state index contributed by atoms with van der Waals surface area (Å²) in [6, 6.07) is 0.473. The molecule has 1 aliphatic rings. The summed E-state index contributed by atoms with van der Waals surface area (Å²) in [5.41, 5.74) is 0. The first kappa shape index (κ1) is 9.95. The lowest BCUT2D eigenvalue weighted by molar-refractivity contribution is 0.0677. The van der Waals surface area contributed by atoms with Crippen molar-refractivity contribution in [3.63, 3.8) is 0 Å². The van der Waals surface area contributed by atoms with Gasteiger partial charge in [0.05, 0.1) is 0 Å². The highest BCUT2D eigenvalue weighted by atomic mass is 16.4. The molecule has 6 nitrogen and oxygen atoms in total. The largest absolute Gasteiger partial charge is 0.475 e. The van der Waals surface area contributed by atoms with Crippen LogP contribution in [0.1, 0.15) is 43.3 Å². The second kappa shape index (κ2) is 3.52. The maximum absolute atomic E-state index is 10.9. The van der Waals surface area contributed by atoms with Crippen molar-refractivity contribution in [1.82, 2.24) is 14.8 Å². The van der Waals surface area contributed by atoms with Crippen LogP contribution in [-0.2, 0) is 0 Å². The molecule has 6 heteroatoms. The molecule has 1 heterocycles. The molecule has 0 spiro atoms. The highest BCUT2D eigenvalue weighted by molar-refractivity contribution is 5.84. The SMILES string of the molecule is CC(C)Nc1nnc(C(=O)O)n1C1CC1. The molecule has 0 radical (unpaired) electrons. The number of nitrogens with zero attached hydrogens (tertiary/aromatic N) is 3. The van der Waals surface area contributed by atoms with Crippen LogP contribution >= 0.6 is 0 Å². The molecule has 1 aromatic heterocycles. The number of aromatic nitrogens is 3. The average Bonchev–Trinajstić information content (AvgIpc) is 2.87. The van der Waals surface area contributed by atoms with E-state index in [0.717, 1.165) is 12.8 Å². The number of aromatic carboxylic acids is 1. The van der Waals surface area contributed by atoms with E-state index in [1.165, 1.54) is 0 Å². The van der Waals surface area contributed by atoms with Gasteiger partial charge in [0.2, 0.25) is 11.8 Å². The Labute approximate surface area is 87.3 Å². The van der Waals surface area contributed by atoms with Crippen LogP contribution in [0.5, 0.6) is 0 Å². The maximum atomic E-state index is 10.9. The standard InChI is InChI=1S/C9H14N4O2/c1-5(2)10-9-12-11-7(8(14)15)13(9)6-3-4-6/h5-6H,3-4H2,1-2H3,(H,10,12)(H,14,15). The molecule has 2 N–H and O–H groups in total. The number of carbonyl (C=O) groups is 1. The first-order chi connectivity index (χ1) is 7.09. The summed E-state index contributed by atoms with van der Waals surface area (Å²) in [4.78, 5) is 10.9. The van der Waals surface area contributed by atoms with E-state index in [0.29, 0.717) is 5.95 Å². The molecule has 0 amide bonds. The van der Waals surface area contributed by atoms with Gasteiger partial charge in [-0.05, 0) is 26.7 Å². The maximum Gasteiger partial charge on any atom is 0.374 e. The van der Waals surface area contributed by atoms with Gasteiger partial charge in [0.15, 0.2) is 0 Å². The van der Waals surface area contributed by atoms with Crippen molar-refractivity contribution in [3.05, 3.63) is 5.82 Å². The van der Waals surface area contributed by atoms with Crippen molar-refractivity contribution >= 4 is 11.9 Å². The van der Waals surface area contributed by atoms with Crippen molar-refractivity contribution < 1.29 is 9.90 Å². The molecular weight excluding hydrogens is 196 g/mol. The van der Waals surface area contributed by atoms with E-state index in [4.69, 9.17) is 5.11 Å². The molecule has 0 aromatic carbocycles. The molecule has 1 saturated carbocycles. The van der Waals surface area contributed by atoms with Gasteiger partial charge in [-0.2, -0.15) is 0 Å². The van der Waals surface area contributed by atoms with Gasteiger partial charge in [-0.25, -0.2) is 4.79 Å². The number of hydrogen-bond donors (Lipinski definition) is 2. The quantitative estimate of drug-likeness (QED) is 0.778. The van der Waals surface area contributed by atoms with Crippen molar-refractivity contribution in [3.8, 4) is 0 Å². The smallest absolute Gasteiger partial charge is 0.374 e. The van der Waals surface area contributed by atoms with Crippen LogP contribution in [0.3, 0.4) is 0 Å². The molecule has 2 rings (SSSR count). The molecule has 0 atom stereocenters. The zero-order valence-corrected chi connectivity index (χ0v) is 8.77. The van der Waals surface area contributed by atoms with Crippen LogP contribution in [0, 0.1) is 0 Å². The Morgan fingerprint density at radius 2 is 2.20 bits per heavy atom. The lowest BCUT2D eigenvalue weighted by atomic mass is 10.4. The number of carboxylic acid groups (broad SMARTS) is 1. The minimum atomic E-state index is -1.02. The van der Waals surface area contributed by atoms with Crippen molar-refractivity contribution in [1.29, 1.82) is 0 Å². The van der Waals surface area contributed by atoms with E-state index in [1.807, 2.05) is 13.8 Å². The average molecular weight is 210 g/mol. The van der Waals surface area contributed by atoms with Gasteiger partial charge in [-0.1, -0.05) is 0 Å². The third-order valence-electron chi connectivity index (χ3n) is 2.22. The lowest BCUT2D eigenvalue weighted by Crippen LogP contribution is -2.16. The highest BCUT2D eigenvalue weighted by Crippen LogP contribution is 2.37. The Hall–Kier alpha value is -1.59. The van der Waals surface area contributed by atoms with Crippen LogP contribution in [0.25, 0.3) is 0 Å². The molecule has 1 aromatic rings. The molecular formula is C9H14N4O2. The third-order valence-corrected chi connectivity index (χ3v) is 2.22. The molecule has 82 valence electrons. The summed E-state index contributed by atoms with van der Waals surface area (Å²) in [6.07, 6.45) is 2.01. The van der Waals surface area contributed by atoms with Gasteiger partial charge in [-0.15, -0.1) is 10.2 Å². The Kier molecular flexibility index (Phi) is 2.34. The van der Waals surface area contributed by atoms with E-state index >= 15 is 0 Å². The fourth-order valence-electron chi connectivity index (χ4n) is 1.47. The van der Waals surface area contributed by atoms with E-state index in [2.05, 4.69) is 15.5 Å². The van der Waals surface area contributed by atoms with Crippen molar-refractivity contribution in [2.45, 2.75) is 38.8 Å². The molecule has 1 aliphatic carbocycles. The van der Waals surface area contributed by atoms with Gasteiger partial charge >= 0.3 is 5.97 Å². The zero-order chi connectivity index (χ0) is 11.0. The molecule has 0 unspecified atom stereocenters. The third kappa shape index (κ3) is 1.93. The summed E-state index contributed by atoms with van der Waals surface area (Å²) in [7, 11) is 0. The van der Waals surface area contributed by atoms with E-state index in [9.17, 15) is 4.79 Å². The lowest BCUT2D eigenvalue weighted by Gasteiger charge is -2.11. The molecule has 0 saturated heterocycles. The van der Waals surface area contributed by atoms with E-state index < -0.39 is 5.97 Å². The minimum absolute atomic E-state index is 0.0284. The Bertz CT molecular complexity index is 381. The van der Waals surface area contributed by atoms with Crippen LogP contribution in [-0.4, -0.2) is 31.9 Å².